The molecular formula is C22H30N4OS. The Morgan fingerprint density at radius 2 is 2.14 bits per heavy atom. The van der Waals surface area contributed by atoms with Crippen LogP contribution in [0.2, 0.25) is 0 Å². The summed E-state index contributed by atoms with van der Waals surface area (Å²) in [6, 6.07) is 8.67. The SMILES string of the molecule is CN=C(NCCCc1nc(C)cs1)NC1CC2(CCCC2)Oc2ccccc21. The lowest BCUT2D eigenvalue weighted by molar-refractivity contribution is 0.0396. The second kappa shape index (κ2) is 8.52. The van der Waals surface area contributed by atoms with Crippen molar-refractivity contribution < 1.29 is 4.74 Å². The number of aryl methyl sites for hydroxylation is 2. The summed E-state index contributed by atoms with van der Waals surface area (Å²) in [5.74, 6) is 1.90. The molecule has 1 saturated carbocycles. The van der Waals surface area contributed by atoms with Gasteiger partial charge in [-0.15, -0.1) is 11.3 Å². The van der Waals surface area contributed by atoms with E-state index in [0.717, 1.165) is 56.1 Å². The zero-order valence-electron chi connectivity index (χ0n) is 16.8. The molecule has 2 heterocycles. The summed E-state index contributed by atoms with van der Waals surface area (Å²) in [5.41, 5.74) is 2.35. The number of thiazole rings is 1. The van der Waals surface area contributed by atoms with E-state index in [9.17, 15) is 0 Å². The Hall–Kier alpha value is -2.08. The van der Waals surface area contributed by atoms with Gasteiger partial charge in [-0.3, -0.25) is 4.99 Å². The van der Waals surface area contributed by atoms with E-state index in [-0.39, 0.29) is 11.6 Å². The summed E-state index contributed by atoms with van der Waals surface area (Å²) in [7, 11) is 1.84. The number of aliphatic imine (C=N–C) groups is 1. The highest BCUT2D eigenvalue weighted by atomic mass is 32.1. The number of benzene rings is 1. The molecule has 1 aliphatic carbocycles. The fourth-order valence-corrected chi connectivity index (χ4v) is 5.21. The van der Waals surface area contributed by atoms with Crippen LogP contribution in [0, 0.1) is 6.92 Å². The maximum Gasteiger partial charge on any atom is 0.191 e. The van der Waals surface area contributed by atoms with Crippen molar-refractivity contribution in [2.45, 2.75) is 63.5 Å². The Bertz CT molecular complexity index is 825. The Morgan fingerprint density at radius 3 is 2.89 bits per heavy atom. The van der Waals surface area contributed by atoms with Gasteiger partial charge in [0, 0.05) is 43.1 Å². The number of guanidine groups is 1. The first-order chi connectivity index (χ1) is 13.7. The molecule has 0 bridgehead atoms. The predicted molar refractivity (Wildman–Crippen MR) is 115 cm³/mol. The lowest BCUT2D eigenvalue weighted by atomic mass is 9.86. The van der Waals surface area contributed by atoms with Gasteiger partial charge in [-0.25, -0.2) is 4.98 Å². The van der Waals surface area contributed by atoms with Crippen LogP contribution in [-0.2, 0) is 6.42 Å². The molecule has 1 atom stereocenters. The third-order valence-electron chi connectivity index (χ3n) is 5.77. The Labute approximate surface area is 171 Å². The normalized spacial score (nSPS) is 20.6. The highest BCUT2D eigenvalue weighted by molar-refractivity contribution is 7.09. The van der Waals surface area contributed by atoms with E-state index in [1.807, 2.05) is 14.0 Å². The van der Waals surface area contributed by atoms with Gasteiger partial charge in [0.1, 0.15) is 11.4 Å². The third kappa shape index (κ3) is 4.32. The van der Waals surface area contributed by atoms with Crippen molar-refractivity contribution >= 4 is 17.3 Å². The van der Waals surface area contributed by atoms with E-state index in [1.54, 1.807) is 11.3 Å². The second-order valence-electron chi connectivity index (χ2n) is 7.92. The molecule has 1 unspecified atom stereocenters. The van der Waals surface area contributed by atoms with Crippen molar-refractivity contribution in [1.82, 2.24) is 15.6 Å². The van der Waals surface area contributed by atoms with Crippen LogP contribution in [0.3, 0.4) is 0 Å². The predicted octanol–water partition coefficient (Wildman–Crippen LogP) is 4.39. The Balaban J connectivity index is 1.37. The number of rotatable bonds is 5. The monoisotopic (exact) mass is 398 g/mol. The number of hydrogen-bond donors (Lipinski definition) is 2. The lowest BCUT2D eigenvalue weighted by Crippen LogP contribution is -2.46. The zero-order chi connectivity index (χ0) is 19.4. The molecule has 28 heavy (non-hydrogen) atoms. The number of para-hydroxylation sites is 1. The van der Waals surface area contributed by atoms with Crippen molar-refractivity contribution in [2.75, 3.05) is 13.6 Å². The third-order valence-corrected chi connectivity index (χ3v) is 6.80. The lowest BCUT2D eigenvalue weighted by Gasteiger charge is -2.40. The van der Waals surface area contributed by atoms with E-state index in [0.29, 0.717) is 0 Å². The summed E-state index contributed by atoms with van der Waals surface area (Å²) in [6.45, 7) is 2.93. The number of aromatic nitrogens is 1. The van der Waals surface area contributed by atoms with Gasteiger partial charge in [0.2, 0.25) is 0 Å². The van der Waals surface area contributed by atoms with Crippen molar-refractivity contribution in [3.8, 4) is 5.75 Å². The minimum Gasteiger partial charge on any atom is -0.487 e. The smallest absolute Gasteiger partial charge is 0.191 e. The van der Waals surface area contributed by atoms with Crippen molar-refractivity contribution in [2.24, 2.45) is 4.99 Å². The van der Waals surface area contributed by atoms with Crippen LogP contribution in [0.4, 0.5) is 0 Å². The zero-order valence-corrected chi connectivity index (χ0v) is 17.6. The molecule has 1 aliphatic heterocycles. The fraction of sp³-hybridized carbons (Fsp3) is 0.545. The molecule has 1 fully saturated rings. The first-order valence-corrected chi connectivity index (χ1v) is 11.2. The fourth-order valence-electron chi connectivity index (χ4n) is 4.40. The van der Waals surface area contributed by atoms with Gasteiger partial charge < -0.3 is 15.4 Å². The summed E-state index contributed by atoms with van der Waals surface area (Å²) >= 11 is 1.75. The van der Waals surface area contributed by atoms with Gasteiger partial charge in [-0.2, -0.15) is 0 Å². The molecule has 1 spiro atoms. The van der Waals surface area contributed by atoms with E-state index < -0.39 is 0 Å². The van der Waals surface area contributed by atoms with Gasteiger partial charge in [-0.1, -0.05) is 18.2 Å². The Kier molecular flexibility index (Phi) is 5.85. The molecule has 4 rings (SSSR count). The largest absolute Gasteiger partial charge is 0.487 e. The van der Waals surface area contributed by atoms with Gasteiger partial charge in [0.25, 0.3) is 0 Å². The highest BCUT2D eigenvalue weighted by Gasteiger charge is 2.43. The number of ether oxygens (including phenoxy) is 1. The maximum atomic E-state index is 6.47. The van der Waals surface area contributed by atoms with Gasteiger partial charge in [0.15, 0.2) is 5.96 Å². The minimum atomic E-state index is -0.00638. The summed E-state index contributed by atoms with van der Waals surface area (Å²) in [5, 5.41) is 10.5. The average molecular weight is 399 g/mol. The van der Waals surface area contributed by atoms with Crippen LogP contribution in [0.15, 0.2) is 34.6 Å². The molecule has 6 heteroatoms. The van der Waals surface area contributed by atoms with E-state index in [2.05, 4.69) is 50.3 Å². The van der Waals surface area contributed by atoms with Gasteiger partial charge >= 0.3 is 0 Å². The molecule has 2 N–H and O–H groups in total. The number of nitrogens with one attached hydrogen (secondary N) is 2. The quantitative estimate of drug-likeness (QED) is 0.446. The standard InChI is InChI=1S/C22H30N4OS/c1-16-15-28-20(25-16)10-7-13-24-21(23-2)26-18-14-22(11-5-6-12-22)27-19-9-4-3-8-17(18)19/h3-4,8-9,15,18H,5-7,10-14H2,1-2H3,(H2,23,24,26). The first-order valence-electron chi connectivity index (χ1n) is 10.3. The Morgan fingerprint density at radius 1 is 1.32 bits per heavy atom. The molecule has 1 aromatic heterocycles. The highest BCUT2D eigenvalue weighted by Crippen LogP contribution is 2.46. The second-order valence-corrected chi connectivity index (χ2v) is 8.86. The van der Waals surface area contributed by atoms with Gasteiger partial charge in [-0.05, 0) is 45.1 Å². The van der Waals surface area contributed by atoms with Crippen LogP contribution in [0.5, 0.6) is 5.75 Å². The van der Waals surface area contributed by atoms with Crippen LogP contribution >= 0.6 is 11.3 Å². The molecule has 0 radical (unpaired) electrons. The van der Waals surface area contributed by atoms with Gasteiger partial charge in [0.05, 0.1) is 11.0 Å². The summed E-state index contributed by atoms with van der Waals surface area (Å²) in [6.07, 6.45) is 7.88. The number of nitrogens with zero attached hydrogens (tertiary/aromatic N) is 2. The first kappa shape index (κ1) is 19.2. The average Bonchev–Trinajstić information content (AvgIpc) is 3.33. The topological polar surface area (TPSA) is 58.5 Å². The summed E-state index contributed by atoms with van der Waals surface area (Å²) < 4.78 is 6.47. The van der Waals surface area contributed by atoms with E-state index in [4.69, 9.17) is 4.74 Å². The van der Waals surface area contributed by atoms with Crippen LogP contribution in [-0.4, -0.2) is 30.1 Å². The minimum absolute atomic E-state index is 0.00638. The summed E-state index contributed by atoms with van der Waals surface area (Å²) in [4.78, 5) is 9.00. The molecule has 2 aromatic rings. The van der Waals surface area contributed by atoms with Crippen molar-refractivity contribution in [3.05, 3.63) is 45.9 Å². The van der Waals surface area contributed by atoms with Crippen LogP contribution in [0.25, 0.3) is 0 Å². The molecule has 150 valence electrons. The maximum absolute atomic E-state index is 6.47. The van der Waals surface area contributed by atoms with E-state index >= 15 is 0 Å². The van der Waals surface area contributed by atoms with E-state index in [1.165, 1.54) is 23.4 Å². The molecule has 2 aliphatic rings. The van der Waals surface area contributed by atoms with Crippen LogP contribution in [0.1, 0.15) is 60.8 Å². The van der Waals surface area contributed by atoms with Crippen molar-refractivity contribution in [1.29, 1.82) is 0 Å². The van der Waals surface area contributed by atoms with Crippen molar-refractivity contribution in [3.63, 3.8) is 0 Å². The molecule has 0 saturated heterocycles. The number of hydrogen-bond acceptors (Lipinski definition) is 4. The molecule has 1 aromatic carbocycles. The van der Waals surface area contributed by atoms with Crippen LogP contribution < -0.4 is 15.4 Å². The molecular weight excluding hydrogens is 368 g/mol. The molecule has 5 nitrogen and oxygen atoms in total. The number of fused-ring (bicyclic) bond motifs is 1. The molecule has 0 amide bonds.